The monoisotopic (exact) mass is 793 g/mol. The summed E-state index contributed by atoms with van der Waals surface area (Å²) in [6.07, 6.45) is 6.30. The van der Waals surface area contributed by atoms with E-state index in [1.54, 1.807) is 0 Å². The van der Waals surface area contributed by atoms with Crippen LogP contribution in [0.25, 0.3) is 0 Å². The van der Waals surface area contributed by atoms with E-state index in [-0.39, 0.29) is 36.0 Å². The van der Waals surface area contributed by atoms with E-state index >= 15 is 0 Å². The molecule has 1 aromatic carbocycles. The lowest BCUT2D eigenvalue weighted by molar-refractivity contribution is -0.195. The highest BCUT2D eigenvalue weighted by atomic mass is 31.2. The summed E-state index contributed by atoms with van der Waals surface area (Å²) < 4.78 is 40.2. The second kappa shape index (κ2) is 17.7. The van der Waals surface area contributed by atoms with Crippen LogP contribution in [0.15, 0.2) is 48.9 Å². The predicted molar refractivity (Wildman–Crippen MR) is 193 cm³/mol. The molecule has 6 N–H and O–H groups in total. The molecule has 0 spiro atoms. The molecule has 3 aliphatic rings. The van der Waals surface area contributed by atoms with E-state index in [4.69, 9.17) is 28.7 Å². The third-order valence-electron chi connectivity index (χ3n) is 10.1. The van der Waals surface area contributed by atoms with Crippen LogP contribution in [0.1, 0.15) is 74.3 Å². The van der Waals surface area contributed by atoms with Crippen LogP contribution in [0.3, 0.4) is 0 Å². The number of nitrogens with zero attached hydrogens (tertiary/aromatic N) is 3. The Morgan fingerprint density at radius 1 is 1.04 bits per heavy atom. The van der Waals surface area contributed by atoms with E-state index in [1.807, 2.05) is 30.3 Å². The molecule has 2 saturated carbocycles. The average molecular weight is 794 g/mol. The number of aromatic nitrogens is 2. The molecule has 1 aromatic heterocycles. The number of hydrogen-bond donors (Lipinski definition) is 6. The first-order valence-electron chi connectivity index (χ1n) is 18.0. The zero-order chi connectivity index (χ0) is 39.1. The number of alkyl carbamates (subject to hydrolysis) is 1. The number of carbonyl (C=O) groups is 3. The minimum Gasteiger partial charge on any atom is -0.777 e. The van der Waals surface area contributed by atoms with Crippen molar-refractivity contribution < 1.29 is 57.1 Å². The van der Waals surface area contributed by atoms with E-state index in [2.05, 4.69) is 39.3 Å². The molecule has 18 nitrogen and oxygen atoms in total. The van der Waals surface area contributed by atoms with Crippen molar-refractivity contribution in [2.75, 3.05) is 39.5 Å². The Morgan fingerprint density at radius 3 is 2.30 bits per heavy atom. The Morgan fingerprint density at radius 2 is 1.72 bits per heavy atom. The van der Waals surface area contributed by atoms with Crippen molar-refractivity contribution >= 4 is 40.2 Å². The number of benzene rings is 1. The van der Waals surface area contributed by atoms with Crippen LogP contribution in [0.4, 0.5) is 4.79 Å². The summed E-state index contributed by atoms with van der Waals surface area (Å²) in [5, 5.41) is 7.82. The van der Waals surface area contributed by atoms with Gasteiger partial charge in [0.2, 0.25) is 5.91 Å². The molecule has 3 fully saturated rings. The summed E-state index contributed by atoms with van der Waals surface area (Å²) in [5.74, 6) is -0.702. The predicted octanol–water partition coefficient (Wildman–Crippen LogP) is 1.33. The number of nitrogens with one attached hydrogen (secondary N) is 3. The molecular formula is C33H48BN6O12P2-. The van der Waals surface area contributed by atoms with Crippen molar-refractivity contribution in [3.05, 3.63) is 60.2 Å². The standard InChI is InChI=1S/C33H49BN6O12P2/c1-23(2)25-21-33(25,39-29(42)32(20-26(32)24-10-4-3-5-11-24)38-28(41)27-22-35-12-13-36-27)34-51-18-8-15-40(16-9-19-52-34)14-6-7-17-50-30(43)37-31(53(44,45)46)54(47,48)49/h3-5,10-13,22-23,25-26,31H,6-9,14-21H2,1-2H3,(H,37,43)(H,38,41)(H,39,42)(H2,44,45,46)(H2,47,48,49)/p-1/t25-,26+,32+,33-/m0/s1. The van der Waals surface area contributed by atoms with Crippen LogP contribution in [0.2, 0.25) is 0 Å². The van der Waals surface area contributed by atoms with E-state index < -0.39 is 50.8 Å². The summed E-state index contributed by atoms with van der Waals surface area (Å²) in [4.78, 5) is 88.4. The smallest absolute Gasteiger partial charge is 0.484 e. The Kier molecular flexibility index (Phi) is 13.7. The normalized spacial score (nSPS) is 26.5. The lowest BCUT2D eigenvalue weighted by Crippen LogP contribution is -2.60. The number of unbranched alkanes of at least 4 members (excludes halogenated alkanes) is 1. The first-order chi connectivity index (χ1) is 25.6. The lowest BCUT2D eigenvalue weighted by atomic mass is 9.71. The fourth-order valence-corrected chi connectivity index (χ4v) is 9.22. The van der Waals surface area contributed by atoms with Crippen molar-refractivity contribution in [2.45, 2.75) is 74.8 Å². The van der Waals surface area contributed by atoms with Crippen molar-refractivity contribution in [1.82, 2.24) is 30.8 Å². The van der Waals surface area contributed by atoms with Gasteiger partial charge in [-0.25, -0.2) is 9.78 Å². The summed E-state index contributed by atoms with van der Waals surface area (Å²) in [6, 6.07) is 9.61. The van der Waals surface area contributed by atoms with Gasteiger partial charge in [-0.3, -0.25) is 24.5 Å². The zero-order valence-electron chi connectivity index (χ0n) is 30.2. The van der Waals surface area contributed by atoms with Crippen molar-refractivity contribution in [3.63, 3.8) is 0 Å². The second-order valence-corrected chi connectivity index (χ2v) is 18.1. The molecule has 5 rings (SSSR count). The van der Waals surface area contributed by atoms with E-state index in [0.717, 1.165) is 5.56 Å². The molecule has 3 amide bonds. The molecule has 6 atom stereocenters. The van der Waals surface area contributed by atoms with Crippen LogP contribution in [0, 0.1) is 11.8 Å². The Bertz CT molecular complexity index is 1670. The third kappa shape index (κ3) is 10.5. The van der Waals surface area contributed by atoms with Gasteiger partial charge < -0.3 is 53.7 Å². The van der Waals surface area contributed by atoms with Gasteiger partial charge in [0.05, 0.1) is 18.2 Å². The van der Waals surface area contributed by atoms with Crippen LogP contribution >= 0.6 is 15.2 Å². The van der Waals surface area contributed by atoms with Crippen LogP contribution in [0.5, 0.6) is 0 Å². The topological polar surface area (TPSA) is 262 Å². The highest BCUT2D eigenvalue weighted by Crippen LogP contribution is 2.56. The van der Waals surface area contributed by atoms with Crippen LogP contribution in [-0.4, -0.2) is 111 Å². The van der Waals surface area contributed by atoms with Gasteiger partial charge >= 0.3 is 20.8 Å². The molecule has 54 heavy (non-hydrogen) atoms. The van der Waals surface area contributed by atoms with Gasteiger partial charge in [-0.05, 0) is 62.5 Å². The zero-order valence-corrected chi connectivity index (χ0v) is 32.0. The van der Waals surface area contributed by atoms with Crippen molar-refractivity contribution in [3.8, 4) is 0 Å². The quantitative estimate of drug-likeness (QED) is 0.0845. The molecule has 1 saturated heterocycles. The number of ether oxygens (including phenoxy) is 1. The van der Waals surface area contributed by atoms with Gasteiger partial charge in [0, 0.05) is 44.6 Å². The van der Waals surface area contributed by atoms with Gasteiger partial charge in [0.25, 0.3) is 5.91 Å². The largest absolute Gasteiger partial charge is 0.777 e. The number of hydrogen-bond acceptors (Lipinski definition) is 12. The molecule has 2 aliphatic carbocycles. The molecular weight excluding hydrogens is 745 g/mol. The second-order valence-electron chi connectivity index (χ2n) is 14.4. The van der Waals surface area contributed by atoms with Gasteiger partial charge in [0.1, 0.15) is 11.2 Å². The maximum atomic E-state index is 14.4. The van der Waals surface area contributed by atoms with Gasteiger partial charge in [0.15, 0.2) is 13.1 Å². The summed E-state index contributed by atoms with van der Waals surface area (Å²) in [5.41, 5.74) is -3.70. The highest BCUT2D eigenvalue weighted by molar-refractivity contribution is 7.70. The maximum absolute atomic E-state index is 14.4. The Labute approximate surface area is 314 Å². The summed E-state index contributed by atoms with van der Waals surface area (Å²) in [7, 11) is -11.7. The van der Waals surface area contributed by atoms with Gasteiger partial charge in [-0.2, -0.15) is 0 Å². The Balaban J connectivity index is 1.14. The molecule has 21 heteroatoms. The number of rotatable bonds is 15. The van der Waals surface area contributed by atoms with E-state index in [0.29, 0.717) is 71.4 Å². The lowest BCUT2D eigenvalue weighted by Gasteiger charge is -2.31. The van der Waals surface area contributed by atoms with Crippen LogP contribution < -0.4 is 20.8 Å². The number of amides is 3. The van der Waals surface area contributed by atoms with Crippen molar-refractivity contribution in [1.29, 1.82) is 0 Å². The summed E-state index contributed by atoms with van der Waals surface area (Å²) >= 11 is 0. The maximum Gasteiger partial charge on any atom is 0.484 e. The fraction of sp³-hybridized carbons (Fsp3) is 0.606. The van der Waals surface area contributed by atoms with Gasteiger partial charge in [-0.1, -0.05) is 44.2 Å². The average Bonchev–Trinajstić information content (AvgIpc) is 4.04. The van der Waals surface area contributed by atoms with Crippen LogP contribution in [-0.2, 0) is 28.0 Å². The minimum atomic E-state index is -5.57. The van der Waals surface area contributed by atoms with E-state index in [9.17, 15) is 28.4 Å². The molecule has 1 aliphatic heterocycles. The number of carbonyl (C=O) groups excluding carboxylic acids is 3. The van der Waals surface area contributed by atoms with Gasteiger partial charge in [-0.15, -0.1) is 0 Å². The first kappa shape index (κ1) is 41.9. The molecule has 2 unspecified atom stereocenters. The molecule has 0 bridgehead atoms. The molecule has 2 aromatic rings. The SMILES string of the molecule is CC(C)[C@@H]1C[C@@]1(NC(=O)[C@@]1(NC(=O)c2cnccn2)C[C@@H]1c1ccccc1)B1OCCCN(CCCCOC(=O)NC(P(=O)([O-])O)P(=O)(O)O)CCCO1. The highest BCUT2D eigenvalue weighted by Gasteiger charge is 2.70. The Hall–Kier alpha value is -3.25. The van der Waals surface area contributed by atoms with Crippen molar-refractivity contribution in [2.24, 2.45) is 11.8 Å². The molecule has 0 radical (unpaired) electrons. The molecule has 2 heterocycles. The van der Waals surface area contributed by atoms with E-state index in [1.165, 1.54) is 23.9 Å². The summed E-state index contributed by atoms with van der Waals surface area (Å²) in [6.45, 7) is 6.84. The third-order valence-corrected chi connectivity index (χ3v) is 13.4. The fourth-order valence-electron chi connectivity index (χ4n) is 7.15. The minimum absolute atomic E-state index is 0.0907. The first-order valence-corrected chi connectivity index (χ1v) is 21.3. The molecule has 296 valence electrons.